The maximum atomic E-state index is 9.01. The van der Waals surface area contributed by atoms with Crippen molar-refractivity contribution in [2.24, 2.45) is 5.92 Å². The van der Waals surface area contributed by atoms with Crippen molar-refractivity contribution in [2.45, 2.75) is 47.0 Å². The van der Waals surface area contributed by atoms with Crippen LogP contribution in [-0.2, 0) is 0 Å². The van der Waals surface area contributed by atoms with E-state index in [0.29, 0.717) is 12.3 Å². The van der Waals surface area contributed by atoms with Gasteiger partial charge in [-0.1, -0.05) is 15.9 Å². The molecule has 3 aromatic rings. The molecule has 3 heterocycles. The highest BCUT2D eigenvalue weighted by Gasteiger charge is 2.24. The quantitative estimate of drug-likeness (QED) is 0.412. The Bertz CT molecular complexity index is 1090. The molecule has 0 atom stereocenters. The topological polar surface area (TPSA) is 39.9 Å². The summed E-state index contributed by atoms with van der Waals surface area (Å²) in [6.07, 6.45) is 2.88. The summed E-state index contributed by atoms with van der Waals surface area (Å²) in [5, 5.41) is 9.01. The third-order valence-corrected chi connectivity index (χ3v) is 7.58. The molecule has 0 aliphatic carbocycles. The number of aromatic nitrogens is 1. The summed E-state index contributed by atoms with van der Waals surface area (Å²) >= 11 is 5.50. The van der Waals surface area contributed by atoms with E-state index in [2.05, 4.69) is 72.8 Å². The molecule has 2 aromatic heterocycles. The van der Waals surface area contributed by atoms with Gasteiger partial charge >= 0.3 is 0 Å². The lowest BCUT2D eigenvalue weighted by atomic mass is 9.93. The predicted molar refractivity (Wildman–Crippen MR) is 127 cm³/mol. The molecule has 1 fully saturated rings. The monoisotopic (exact) mass is 467 g/mol. The summed E-state index contributed by atoms with van der Waals surface area (Å²) in [6.45, 7) is 10.7. The second-order valence-electron chi connectivity index (χ2n) is 8.20. The van der Waals surface area contributed by atoms with Gasteiger partial charge in [0.05, 0.1) is 22.0 Å². The van der Waals surface area contributed by atoms with Crippen LogP contribution in [0.3, 0.4) is 0 Å². The van der Waals surface area contributed by atoms with Gasteiger partial charge in [0.15, 0.2) is 0 Å². The molecule has 150 valence electrons. The van der Waals surface area contributed by atoms with Crippen LogP contribution < -0.4 is 4.90 Å². The van der Waals surface area contributed by atoms with Gasteiger partial charge in [-0.15, -0.1) is 11.3 Å². The van der Waals surface area contributed by atoms with E-state index in [1.165, 1.54) is 37.5 Å². The van der Waals surface area contributed by atoms with Gasteiger partial charge in [0.2, 0.25) is 0 Å². The molecule has 29 heavy (non-hydrogen) atoms. The Labute approximate surface area is 185 Å². The van der Waals surface area contributed by atoms with Gasteiger partial charge in [-0.2, -0.15) is 5.26 Å². The van der Waals surface area contributed by atoms with Crippen LogP contribution in [-0.4, -0.2) is 18.1 Å². The van der Waals surface area contributed by atoms with Gasteiger partial charge in [0.1, 0.15) is 0 Å². The summed E-state index contributed by atoms with van der Waals surface area (Å²) in [4.78, 5) is 8.84. The van der Waals surface area contributed by atoms with Crippen molar-refractivity contribution in [3.8, 4) is 17.2 Å². The van der Waals surface area contributed by atoms with Gasteiger partial charge in [0.25, 0.3) is 0 Å². The predicted octanol–water partition coefficient (Wildman–Crippen LogP) is 7.09. The van der Waals surface area contributed by atoms with Crippen LogP contribution in [0.5, 0.6) is 0 Å². The van der Waals surface area contributed by atoms with Gasteiger partial charge in [-0.05, 0) is 81.3 Å². The zero-order chi connectivity index (χ0) is 20.7. The highest BCUT2D eigenvalue weighted by atomic mass is 79.9. The molecule has 1 aliphatic heterocycles. The molecule has 0 bridgehead atoms. The van der Waals surface area contributed by atoms with Crippen molar-refractivity contribution in [1.29, 1.82) is 5.26 Å². The largest absolute Gasteiger partial charge is 0.370 e. The van der Waals surface area contributed by atoms with Crippen LogP contribution >= 0.6 is 27.3 Å². The Balaban J connectivity index is 1.83. The summed E-state index contributed by atoms with van der Waals surface area (Å²) in [5.41, 5.74) is 8.68. The van der Waals surface area contributed by atoms with E-state index in [9.17, 15) is 0 Å². The third-order valence-electron chi connectivity index (χ3n) is 6.01. The van der Waals surface area contributed by atoms with E-state index < -0.39 is 0 Å². The molecule has 1 aromatic carbocycles. The highest BCUT2D eigenvalue weighted by Crippen LogP contribution is 2.45. The average Bonchev–Trinajstić information content (AvgIpc) is 2.97. The van der Waals surface area contributed by atoms with E-state index in [-0.39, 0.29) is 0 Å². The number of nitrogens with zero attached hydrogens (tertiary/aromatic N) is 3. The first-order valence-electron chi connectivity index (χ1n) is 10.2. The number of fused-ring (bicyclic) bond motifs is 1. The second-order valence-corrected chi connectivity index (χ2v) is 10.3. The first-order valence-corrected chi connectivity index (χ1v) is 11.8. The minimum Gasteiger partial charge on any atom is -0.370 e. The molecule has 1 aliphatic rings. The molecule has 3 nitrogen and oxygen atoms in total. The van der Waals surface area contributed by atoms with Crippen molar-refractivity contribution in [1.82, 2.24) is 4.98 Å². The van der Waals surface area contributed by atoms with Gasteiger partial charge in [-0.25, -0.2) is 0 Å². The lowest BCUT2D eigenvalue weighted by Crippen LogP contribution is -2.33. The maximum Gasteiger partial charge on any atom is 0.0915 e. The molecule has 0 amide bonds. The number of aryl methyl sites for hydroxylation is 4. The van der Waals surface area contributed by atoms with Crippen molar-refractivity contribution in [3.05, 3.63) is 44.4 Å². The normalized spacial score (nSPS) is 15.1. The van der Waals surface area contributed by atoms with E-state index in [1.54, 1.807) is 0 Å². The smallest absolute Gasteiger partial charge is 0.0915 e. The van der Waals surface area contributed by atoms with Crippen LogP contribution in [0.1, 0.15) is 41.0 Å². The molecule has 0 spiro atoms. The number of rotatable bonds is 3. The Hall–Kier alpha value is -1.90. The van der Waals surface area contributed by atoms with Crippen molar-refractivity contribution in [3.63, 3.8) is 0 Å². The number of piperidine rings is 1. The van der Waals surface area contributed by atoms with E-state index in [0.717, 1.165) is 41.6 Å². The minimum absolute atomic E-state index is 0.545. The van der Waals surface area contributed by atoms with Gasteiger partial charge in [0, 0.05) is 40.1 Å². The number of anilines is 1. The van der Waals surface area contributed by atoms with Crippen molar-refractivity contribution in [2.75, 3.05) is 18.0 Å². The van der Waals surface area contributed by atoms with Crippen LogP contribution in [0.25, 0.3) is 21.3 Å². The number of nitriles is 1. The fourth-order valence-corrected chi connectivity index (χ4v) is 6.46. The standard InChI is InChI=1S/C24H26BrN3S/c1-14-11-19(25)12-15(2)21(14)22-17(4)29-24-20(13-16(3)27-23(22)24)28-9-6-18(5-8-26)7-10-28/h11-13,18H,5-7,9-10H2,1-4H3. The summed E-state index contributed by atoms with van der Waals surface area (Å²) in [5.74, 6) is 0.545. The molecule has 4 rings (SSSR count). The van der Waals surface area contributed by atoms with Gasteiger partial charge < -0.3 is 4.90 Å². The number of thiophene rings is 1. The SMILES string of the molecule is Cc1cc(N2CCC(CC#N)CC2)c2sc(C)c(-c3c(C)cc(Br)cc3C)c2n1. The number of benzene rings is 1. The van der Waals surface area contributed by atoms with Crippen molar-refractivity contribution < 1.29 is 0 Å². The molecule has 0 radical (unpaired) electrons. The molecule has 0 saturated carbocycles. The molecule has 1 saturated heterocycles. The third kappa shape index (κ3) is 3.81. The van der Waals surface area contributed by atoms with Crippen LogP contribution in [0.2, 0.25) is 0 Å². The van der Waals surface area contributed by atoms with E-state index in [1.807, 2.05) is 11.3 Å². The van der Waals surface area contributed by atoms with Crippen molar-refractivity contribution >= 4 is 43.2 Å². The average molecular weight is 468 g/mol. The number of hydrogen-bond acceptors (Lipinski definition) is 4. The molecular formula is C24H26BrN3S. The van der Waals surface area contributed by atoms with Crippen LogP contribution in [0.4, 0.5) is 5.69 Å². The zero-order valence-corrected chi connectivity index (χ0v) is 19.9. The first kappa shape index (κ1) is 20.4. The van der Waals surface area contributed by atoms with E-state index in [4.69, 9.17) is 10.2 Å². The van der Waals surface area contributed by atoms with Crippen LogP contribution in [0.15, 0.2) is 22.7 Å². The molecular weight excluding hydrogens is 442 g/mol. The first-order chi connectivity index (χ1) is 13.9. The number of hydrogen-bond donors (Lipinski definition) is 0. The Morgan fingerprint density at radius 1 is 1.10 bits per heavy atom. The molecule has 0 N–H and O–H groups in total. The zero-order valence-electron chi connectivity index (χ0n) is 17.5. The summed E-state index contributed by atoms with van der Waals surface area (Å²) in [6, 6.07) is 8.98. The summed E-state index contributed by atoms with van der Waals surface area (Å²) < 4.78 is 2.42. The molecule has 5 heteroatoms. The lowest BCUT2D eigenvalue weighted by Gasteiger charge is -2.33. The summed E-state index contributed by atoms with van der Waals surface area (Å²) in [7, 11) is 0. The van der Waals surface area contributed by atoms with Crippen LogP contribution in [0, 0.1) is 44.9 Å². The fraction of sp³-hybridized carbons (Fsp3) is 0.417. The lowest BCUT2D eigenvalue weighted by molar-refractivity contribution is 0.413. The second kappa shape index (κ2) is 8.08. The number of pyridine rings is 1. The highest BCUT2D eigenvalue weighted by molar-refractivity contribution is 9.10. The fourth-order valence-electron chi connectivity index (χ4n) is 4.63. The minimum atomic E-state index is 0.545. The Morgan fingerprint density at radius 3 is 2.38 bits per heavy atom. The van der Waals surface area contributed by atoms with E-state index >= 15 is 0 Å². The van der Waals surface area contributed by atoms with Gasteiger partial charge in [-0.3, -0.25) is 4.98 Å². The maximum absolute atomic E-state index is 9.01. The number of halogens is 1. The Kier molecular flexibility index (Phi) is 5.68. The molecule has 0 unspecified atom stereocenters. The Morgan fingerprint density at radius 2 is 1.76 bits per heavy atom.